The number of carbonyl (C=O) groups excluding carboxylic acids is 6. The van der Waals surface area contributed by atoms with Gasteiger partial charge in [0.25, 0.3) is 0 Å². The summed E-state index contributed by atoms with van der Waals surface area (Å²) in [4.78, 5) is 80.9. The van der Waals surface area contributed by atoms with Gasteiger partial charge in [-0.15, -0.1) is 0 Å². The van der Waals surface area contributed by atoms with E-state index in [0.29, 0.717) is 0 Å². The average molecular weight is 984 g/mol. The Bertz CT molecular complexity index is 2160. The molecule has 0 aromatic rings. The van der Waals surface area contributed by atoms with Gasteiger partial charge in [0.1, 0.15) is 51.9 Å². The van der Waals surface area contributed by atoms with Crippen LogP contribution in [0.2, 0.25) is 0 Å². The molecule has 0 atom stereocenters. The second kappa shape index (κ2) is 25.9. The van der Waals surface area contributed by atoms with E-state index in [1.807, 2.05) is 0 Å². The molecule has 0 amide bonds. The molecule has 1 heterocycles. The Morgan fingerprint density at radius 1 is 0.394 bits per heavy atom. The van der Waals surface area contributed by atoms with E-state index in [4.69, 9.17) is 60.1 Å². The van der Waals surface area contributed by atoms with Crippen molar-refractivity contribution in [3.8, 4) is 0 Å². The van der Waals surface area contributed by atoms with Crippen molar-refractivity contribution in [1.82, 2.24) is 9.72 Å². The maximum absolute atomic E-state index is 12.5. The highest BCUT2D eigenvalue weighted by atomic mass is 31.3. The van der Waals surface area contributed by atoms with Crippen molar-refractivity contribution >= 4 is 59.5 Å². The maximum atomic E-state index is 12.5. The first kappa shape index (κ1) is 57.5. The monoisotopic (exact) mass is 983 g/mol. The minimum absolute atomic E-state index is 0.0255. The summed E-state index contributed by atoms with van der Waals surface area (Å²) in [6.45, 7) is 37.8. The quantitative estimate of drug-likeness (QED) is 0.0300. The topological polar surface area (TPSA) is 250 Å². The number of carbonyl (C=O) groups is 6. The van der Waals surface area contributed by atoms with Crippen molar-refractivity contribution in [1.29, 1.82) is 0 Å². The lowest BCUT2D eigenvalue weighted by molar-refractivity contribution is -0.135. The van der Waals surface area contributed by atoms with Gasteiger partial charge in [-0.25, -0.2) is 28.8 Å². The first-order valence-corrected chi connectivity index (χ1v) is 23.6. The third-order valence-electron chi connectivity index (χ3n) is 6.54. The third-order valence-corrected chi connectivity index (χ3v) is 14.9. The standard InChI is InChI=1S/C42H56N3O18P3/c1-25(2)37(46)58-31(13)19-52-64(53-20-32(14)59-38(47)26(3)4)43-65(54-21-33(15)60-39(48)27(5)6,55-22-34(16)61-40(49)28(7)8)45-66(44-64,56-23-35(17)62-41(50)29(9)10)57-24-36(18)63-42(51)30(11)12/h19-24,43-44H,1,3,5,7,9,11H2,2,4,6,8,10,12-18H3/q+2. The summed E-state index contributed by atoms with van der Waals surface area (Å²) in [7, 11) is -13.6. The Kier molecular flexibility index (Phi) is 22.5. The van der Waals surface area contributed by atoms with E-state index in [2.05, 4.69) is 49.2 Å². The summed E-state index contributed by atoms with van der Waals surface area (Å²) in [5.41, 5.74) is 0.159. The zero-order valence-electron chi connectivity index (χ0n) is 38.8. The SMILES string of the molecule is C=C(C)C(=O)OC(C)=COP1(OC=C(C)OC(=O)C(=C)C)=N[P+](OC=C(C)OC(=O)C(=C)C)(OC=C(C)OC(=O)C(=C)C)N[P+](OC=C(C)OC(=O)C(=C)C)(OC=C(C)OC(=O)C(=C)C)N1. The van der Waals surface area contributed by atoms with Gasteiger partial charge in [0, 0.05) is 38.3 Å². The number of allylic oxidation sites excluding steroid dienone is 6. The normalized spacial score (nSPS) is 20.1. The lowest BCUT2D eigenvalue weighted by Crippen LogP contribution is -2.33. The Labute approximate surface area is 385 Å². The minimum Gasteiger partial charge on any atom is -0.425 e. The number of hydrogen-bond donors (Lipinski definition) is 2. The van der Waals surface area contributed by atoms with Gasteiger partial charge in [0.2, 0.25) is 0 Å². The summed E-state index contributed by atoms with van der Waals surface area (Å²) in [5.74, 6) is -6.18. The molecule has 0 fully saturated rings. The van der Waals surface area contributed by atoms with Gasteiger partial charge < -0.3 is 37.5 Å². The van der Waals surface area contributed by atoms with Crippen LogP contribution in [0.1, 0.15) is 83.1 Å². The van der Waals surface area contributed by atoms with Crippen LogP contribution in [-0.2, 0) is 84.3 Å². The van der Waals surface area contributed by atoms with Gasteiger partial charge in [0.05, 0.1) is 4.52 Å². The van der Waals surface area contributed by atoms with Crippen LogP contribution in [-0.4, -0.2) is 35.8 Å². The van der Waals surface area contributed by atoms with Crippen LogP contribution in [0.15, 0.2) is 150 Å². The molecule has 2 N–H and O–H groups in total. The predicted molar refractivity (Wildman–Crippen MR) is 244 cm³/mol. The molecule has 0 radical (unpaired) electrons. The molecular formula is C42H56N3O18P3+2. The Morgan fingerprint density at radius 2 is 0.621 bits per heavy atom. The second-order valence-corrected chi connectivity index (χ2v) is 20.7. The highest BCUT2D eigenvalue weighted by molar-refractivity contribution is 7.88. The molecule has 24 heteroatoms. The third kappa shape index (κ3) is 20.1. The molecule has 0 aliphatic carbocycles. The van der Waals surface area contributed by atoms with Gasteiger partial charge in [-0.05, 0) is 83.1 Å². The first-order valence-electron chi connectivity index (χ1n) is 18.8. The summed E-state index contributed by atoms with van der Waals surface area (Å²) < 4.78 is 73.9. The van der Waals surface area contributed by atoms with Crippen LogP contribution < -0.4 is 9.72 Å². The molecule has 0 aromatic carbocycles. The van der Waals surface area contributed by atoms with Crippen LogP contribution in [0.25, 0.3) is 0 Å². The fraction of sp³-hybridized carbons (Fsp3) is 0.286. The molecule has 0 aromatic heterocycles. The molecule has 0 saturated carbocycles. The van der Waals surface area contributed by atoms with Crippen molar-refractivity contribution in [2.24, 2.45) is 4.52 Å². The van der Waals surface area contributed by atoms with Crippen molar-refractivity contribution in [2.45, 2.75) is 83.1 Å². The summed E-state index contributed by atoms with van der Waals surface area (Å²) in [6.07, 6.45) is 5.45. The number of ether oxygens (including phenoxy) is 6. The number of nitrogens with one attached hydrogen (secondary N) is 2. The van der Waals surface area contributed by atoms with E-state index in [9.17, 15) is 28.8 Å². The summed E-state index contributed by atoms with van der Waals surface area (Å²) >= 11 is 0. The summed E-state index contributed by atoms with van der Waals surface area (Å²) in [6, 6.07) is 0. The largest absolute Gasteiger partial charge is 0.616 e. The maximum Gasteiger partial charge on any atom is 0.616 e. The Hall–Kier alpha value is -6.49. The minimum atomic E-state index is -4.56. The lowest BCUT2D eigenvalue weighted by atomic mass is 10.4. The number of rotatable bonds is 24. The zero-order chi connectivity index (χ0) is 50.7. The van der Waals surface area contributed by atoms with Gasteiger partial charge in [-0.2, -0.15) is 0 Å². The molecule has 1 aliphatic rings. The Balaban J connectivity index is 4.69. The molecule has 0 spiro atoms. The number of esters is 6. The van der Waals surface area contributed by atoms with E-state index >= 15 is 0 Å². The predicted octanol–water partition coefficient (Wildman–Crippen LogP) is 10.5. The second-order valence-electron chi connectivity index (χ2n) is 13.9. The summed E-state index contributed by atoms with van der Waals surface area (Å²) in [5, 5.41) is 0. The molecule has 66 heavy (non-hydrogen) atoms. The van der Waals surface area contributed by atoms with Crippen molar-refractivity contribution < 1.29 is 84.3 Å². The van der Waals surface area contributed by atoms with Crippen LogP contribution in [0.5, 0.6) is 0 Å². The lowest BCUT2D eigenvalue weighted by Gasteiger charge is -2.31. The zero-order valence-corrected chi connectivity index (χ0v) is 41.5. The molecule has 1 rings (SSSR count). The Morgan fingerprint density at radius 3 is 0.864 bits per heavy atom. The molecule has 0 saturated heterocycles. The highest BCUT2D eigenvalue weighted by Gasteiger charge is 2.73. The smallest absolute Gasteiger partial charge is 0.425 e. The van der Waals surface area contributed by atoms with E-state index in [0.717, 1.165) is 37.6 Å². The van der Waals surface area contributed by atoms with E-state index in [-0.39, 0.29) is 68.0 Å². The van der Waals surface area contributed by atoms with Crippen molar-refractivity contribution in [2.75, 3.05) is 0 Å². The average Bonchev–Trinajstić information content (AvgIpc) is 3.22. The van der Waals surface area contributed by atoms with Crippen molar-refractivity contribution in [3.63, 3.8) is 0 Å². The van der Waals surface area contributed by atoms with Crippen LogP contribution in [0.4, 0.5) is 0 Å². The van der Waals surface area contributed by atoms with Gasteiger partial charge in [0.15, 0.2) is 25.0 Å². The van der Waals surface area contributed by atoms with Crippen LogP contribution >= 0.6 is 23.7 Å². The molecule has 0 unspecified atom stereocenters. The van der Waals surface area contributed by atoms with Gasteiger partial charge in [-0.3, -0.25) is 18.1 Å². The van der Waals surface area contributed by atoms with E-state index in [1.165, 1.54) is 83.1 Å². The van der Waals surface area contributed by atoms with E-state index in [1.54, 1.807) is 0 Å². The van der Waals surface area contributed by atoms with Crippen molar-refractivity contribution in [3.05, 3.63) is 145 Å². The van der Waals surface area contributed by atoms with E-state index < -0.39 is 59.5 Å². The fourth-order valence-electron chi connectivity index (χ4n) is 3.32. The highest BCUT2D eigenvalue weighted by Crippen LogP contribution is 2.82. The number of hydrogen-bond acceptors (Lipinski definition) is 21. The van der Waals surface area contributed by atoms with Crippen LogP contribution in [0.3, 0.4) is 0 Å². The molecule has 360 valence electrons. The molecule has 21 nitrogen and oxygen atoms in total. The first-order chi connectivity index (χ1) is 30.4. The molecule has 0 bridgehead atoms. The molecular weight excluding hydrogens is 927 g/mol. The molecule has 1 aliphatic heterocycles. The fourth-order valence-corrected chi connectivity index (χ4v) is 12.9. The van der Waals surface area contributed by atoms with Gasteiger partial charge >= 0.3 is 59.5 Å². The number of nitrogens with zero attached hydrogens (tertiary/aromatic N) is 1. The van der Waals surface area contributed by atoms with Crippen LogP contribution in [0, 0.1) is 0 Å². The van der Waals surface area contributed by atoms with Gasteiger partial charge in [-0.1, -0.05) is 39.5 Å².